The molecule has 0 spiro atoms. The zero-order chi connectivity index (χ0) is 40.3. The maximum atomic E-state index is 14.3. The minimum Gasteiger partial charge on any atom is -0.487 e. The van der Waals surface area contributed by atoms with E-state index in [2.05, 4.69) is 23.7 Å². The van der Waals surface area contributed by atoms with Gasteiger partial charge in [0, 0.05) is 43.4 Å². The van der Waals surface area contributed by atoms with E-state index in [9.17, 15) is 15.0 Å². The number of aryl methyl sites for hydroxylation is 1. The SMILES string of the molecule is C=CCO[C@@]12Oc3ccc(OCc4cccc(C)n4)cc3[C@H]3[C@H](CCCCO)[C@@H](CCCCO)C=C(C(=NOCC)C[C@@H]1N(CCC)C(=O)OCC(C)(C)C)[C@H]32. The Morgan fingerprint density at radius 2 is 1.88 bits per heavy atom. The molecule has 0 bridgehead atoms. The lowest BCUT2D eigenvalue weighted by atomic mass is 9.55. The molecule has 1 fully saturated rings. The van der Waals surface area contributed by atoms with Gasteiger partial charge in [-0.15, -0.1) is 6.58 Å². The van der Waals surface area contributed by atoms with Crippen LogP contribution in [-0.2, 0) is 20.9 Å². The van der Waals surface area contributed by atoms with Crippen LogP contribution in [0.3, 0.4) is 0 Å². The lowest BCUT2D eigenvalue weighted by Gasteiger charge is -2.60. The normalized spacial score (nSPS) is 24.7. The van der Waals surface area contributed by atoms with Gasteiger partial charge in [0.15, 0.2) is 0 Å². The van der Waals surface area contributed by atoms with Crippen LogP contribution in [0.15, 0.2) is 65.9 Å². The Morgan fingerprint density at radius 3 is 2.55 bits per heavy atom. The highest BCUT2D eigenvalue weighted by molar-refractivity contribution is 6.03. The van der Waals surface area contributed by atoms with Gasteiger partial charge >= 0.3 is 6.09 Å². The van der Waals surface area contributed by atoms with Crippen LogP contribution in [-0.4, -0.2) is 83.3 Å². The highest BCUT2D eigenvalue weighted by Crippen LogP contribution is 2.62. The molecule has 56 heavy (non-hydrogen) atoms. The van der Waals surface area contributed by atoms with E-state index in [1.54, 1.807) is 11.0 Å². The number of pyridine rings is 1. The average molecular weight is 776 g/mol. The number of nitrogens with zero attached hydrogens (tertiary/aromatic N) is 3. The number of oxime groups is 1. The third kappa shape index (κ3) is 10.1. The molecule has 1 aliphatic heterocycles. The fraction of sp³-hybridized carbons (Fsp3) is 0.622. The first kappa shape index (κ1) is 43.2. The number of benzene rings is 1. The molecular weight excluding hydrogens is 711 g/mol. The van der Waals surface area contributed by atoms with Crippen molar-refractivity contribution in [1.29, 1.82) is 0 Å². The Labute approximate surface area is 334 Å². The fourth-order valence-corrected chi connectivity index (χ4v) is 8.69. The molecule has 308 valence electrons. The van der Waals surface area contributed by atoms with Crippen molar-refractivity contribution < 1.29 is 38.8 Å². The van der Waals surface area contributed by atoms with Gasteiger partial charge in [0.2, 0.25) is 5.79 Å². The second kappa shape index (κ2) is 20.0. The summed E-state index contributed by atoms with van der Waals surface area (Å²) in [5.74, 6) is -0.267. The average Bonchev–Trinajstić information content (AvgIpc) is 3.17. The number of aliphatic hydroxyl groups is 2. The van der Waals surface area contributed by atoms with E-state index in [1.165, 1.54) is 0 Å². The van der Waals surface area contributed by atoms with Crippen molar-refractivity contribution in [1.82, 2.24) is 9.88 Å². The van der Waals surface area contributed by atoms with Gasteiger partial charge in [0.1, 0.15) is 30.8 Å². The summed E-state index contributed by atoms with van der Waals surface area (Å²) in [6.45, 7) is 17.9. The highest BCUT2D eigenvalue weighted by Gasteiger charge is 2.65. The van der Waals surface area contributed by atoms with E-state index in [-0.39, 0.29) is 49.6 Å². The lowest BCUT2D eigenvalue weighted by molar-refractivity contribution is -0.255. The molecule has 1 aromatic heterocycles. The van der Waals surface area contributed by atoms with E-state index in [1.807, 2.05) is 71.9 Å². The van der Waals surface area contributed by atoms with Crippen molar-refractivity contribution in [2.24, 2.45) is 28.3 Å². The van der Waals surface area contributed by atoms with Crippen molar-refractivity contribution >= 4 is 11.8 Å². The number of allylic oxidation sites excluding steroid dienone is 1. The molecule has 3 aliphatic rings. The van der Waals surface area contributed by atoms with E-state index in [0.717, 1.165) is 53.9 Å². The molecule has 2 aromatic rings. The van der Waals surface area contributed by atoms with E-state index in [0.29, 0.717) is 56.9 Å². The number of ether oxygens (including phenoxy) is 4. The Hall–Kier alpha value is -3.93. The molecule has 0 unspecified atom stereocenters. The number of carbonyl (C=O) groups excluding carboxylic acids is 1. The van der Waals surface area contributed by atoms with Crippen molar-refractivity contribution in [2.75, 3.05) is 39.6 Å². The second-order valence-corrected chi connectivity index (χ2v) is 16.6. The largest absolute Gasteiger partial charge is 0.487 e. The van der Waals surface area contributed by atoms with Crippen molar-refractivity contribution in [3.63, 3.8) is 0 Å². The van der Waals surface area contributed by atoms with Gasteiger partial charge in [0.25, 0.3) is 0 Å². The summed E-state index contributed by atoms with van der Waals surface area (Å²) < 4.78 is 26.8. The molecule has 1 saturated carbocycles. The number of hydrogen-bond donors (Lipinski definition) is 2. The van der Waals surface area contributed by atoms with E-state index < -0.39 is 23.8 Å². The first-order valence-electron chi connectivity index (χ1n) is 20.7. The van der Waals surface area contributed by atoms with E-state index >= 15 is 0 Å². The second-order valence-electron chi connectivity index (χ2n) is 16.6. The van der Waals surface area contributed by atoms with Crippen LogP contribution < -0.4 is 9.47 Å². The minimum absolute atomic E-state index is 0.108. The van der Waals surface area contributed by atoms with Gasteiger partial charge in [-0.25, -0.2) is 4.79 Å². The van der Waals surface area contributed by atoms with Crippen LogP contribution >= 0.6 is 0 Å². The first-order chi connectivity index (χ1) is 27.0. The predicted octanol–water partition coefficient (Wildman–Crippen LogP) is 8.52. The Kier molecular flexibility index (Phi) is 15.4. The molecule has 0 radical (unpaired) electrons. The van der Waals surface area contributed by atoms with Crippen LogP contribution in [0.4, 0.5) is 4.79 Å². The zero-order valence-electron chi connectivity index (χ0n) is 34.5. The molecule has 2 heterocycles. The fourth-order valence-electron chi connectivity index (χ4n) is 8.69. The Balaban J connectivity index is 1.73. The van der Waals surface area contributed by atoms with Crippen LogP contribution in [0.2, 0.25) is 0 Å². The molecule has 0 saturated heterocycles. The number of hydrogen-bond acceptors (Lipinski definition) is 10. The third-order valence-electron chi connectivity index (χ3n) is 11.0. The van der Waals surface area contributed by atoms with Crippen molar-refractivity contribution in [3.8, 4) is 11.5 Å². The topological polar surface area (TPSA) is 132 Å². The molecule has 6 atom stereocenters. The van der Waals surface area contributed by atoms with Crippen LogP contribution in [0, 0.1) is 30.1 Å². The Bertz CT molecular complexity index is 1670. The summed E-state index contributed by atoms with van der Waals surface area (Å²) in [5.41, 5.74) is 4.30. The first-order valence-corrected chi connectivity index (χ1v) is 20.7. The summed E-state index contributed by atoms with van der Waals surface area (Å²) in [4.78, 5) is 26.6. The minimum atomic E-state index is -1.34. The Morgan fingerprint density at radius 1 is 1.11 bits per heavy atom. The van der Waals surface area contributed by atoms with Crippen molar-refractivity contribution in [3.05, 3.63) is 77.7 Å². The molecule has 11 nitrogen and oxygen atoms in total. The van der Waals surface area contributed by atoms with Crippen LogP contribution in [0.5, 0.6) is 11.5 Å². The molecule has 2 aliphatic carbocycles. The number of fused-ring (bicyclic) bond motifs is 2. The maximum Gasteiger partial charge on any atom is 0.410 e. The van der Waals surface area contributed by atoms with E-state index in [4.69, 9.17) is 28.9 Å². The standard InChI is InChI=1S/C45H65N3O8/c1-8-22-48(43(51)53-30-44(5,6)7)40-28-38(47-55-10-3)36-26-32(17-11-13-23-49)35(19-12-14-24-50)41-37-27-34(52-29-33-18-15-16-31(4)46-33)20-21-39(37)56-45(40,42(36)41)54-25-9-2/h9,15-16,18,20-21,26-27,32,35,40-42,49-50H,2,8,10-14,17,19,22-25,28-30H2,1,3-7H3/t32-,35+,40-,41+,42+,45+/m0/s1. The monoisotopic (exact) mass is 775 g/mol. The molecule has 1 amide bonds. The zero-order valence-corrected chi connectivity index (χ0v) is 34.5. The smallest absolute Gasteiger partial charge is 0.410 e. The van der Waals surface area contributed by atoms with Gasteiger partial charge in [-0.3, -0.25) is 9.88 Å². The molecule has 1 aromatic carbocycles. The predicted molar refractivity (Wildman–Crippen MR) is 218 cm³/mol. The number of aromatic nitrogens is 1. The maximum absolute atomic E-state index is 14.3. The van der Waals surface area contributed by atoms with Crippen LogP contribution in [0.1, 0.15) is 109 Å². The number of carbonyl (C=O) groups is 1. The van der Waals surface area contributed by atoms with Gasteiger partial charge < -0.3 is 34.0 Å². The number of rotatable bonds is 20. The quantitative estimate of drug-likeness (QED) is 0.0772. The highest BCUT2D eigenvalue weighted by atomic mass is 16.7. The van der Waals surface area contributed by atoms with Gasteiger partial charge in [-0.1, -0.05) is 63.9 Å². The number of amides is 1. The third-order valence-corrected chi connectivity index (χ3v) is 11.0. The van der Waals surface area contributed by atoms with Gasteiger partial charge in [0.05, 0.1) is 30.5 Å². The number of aliphatic hydroxyl groups excluding tert-OH is 2. The molecule has 11 heteroatoms. The lowest BCUT2D eigenvalue weighted by Crippen LogP contribution is -2.70. The van der Waals surface area contributed by atoms with Crippen LogP contribution in [0.25, 0.3) is 0 Å². The summed E-state index contributed by atoms with van der Waals surface area (Å²) >= 11 is 0. The molecule has 2 N–H and O–H groups in total. The summed E-state index contributed by atoms with van der Waals surface area (Å²) in [5, 5.41) is 24.5. The summed E-state index contributed by atoms with van der Waals surface area (Å²) in [7, 11) is 0. The molecular formula is C45H65N3O8. The molecule has 5 rings (SSSR count). The van der Waals surface area contributed by atoms with Crippen molar-refractivity contribution in [2.45, 2.75) is 117 Å². The van der Waals surface area contributed by atoms with Gasteiger partial charge in [-0.05, 0) is 99.1 Å². The summed E-state index contributed by atoms with van der Waals surface area (Å²) in [6, 6.07) is 11.3. The number of unbranched alkanes of at least 4 members (excludes halogenated alkanes) is 2. The van der Waals surface area contributed by atoms with Gasteiger partial charge in [-0.2, -0.15) is 0 Å². The summed E-state index contributed by atoms with van der Waals surface area (Å²) in [6.07, 6.45) is 9.48.